The first-order chi connectivity index (χ1) is 11.4. The van der Waals surface area contributed by atoms with Crippen LogP contribution in [0.4, 0.5) is 10.2 Å². The molecular weight excluding hydrogens is 329 g/mol. The number of pyridine rings is 1. The number of aryl methyl sites for hydroxylation is 1. The summed E-state index contributed by atoms with van der Waals surface area (Å²) in [7, 11) is -3.60. The van der Waals surface area contributed by atoms with Crippen molar-refractivity contribution in [2.75, 3.05) is 17.8 Å². The molecule has 2 heterocycles. The van der Waals surface area contributed by atoms with E-state index in [-0.39, 0.29) is 11.7 Å². The molecule has 0 atom stereocenters. The van der Waals surface area contributed by atoms with Gasteiger partial charge in [0.2, 0.25) is 0 Å². The van der Waals surface area contributed by atoms with Gasteiger partial charge < -0.3 is 0 Å². The van der Waals surface area contributed by atoms with E-state index in [9.17, 15) is 12.8 Å². The van der Waals surface area contributed by atoms with Crippen LogP contribution in [0.2, 0.25) is 0 Å². The molecule has 0 aliphatic carbocycles. The Morgan fingerprint density at radius 2 is 1.79 bits per heavy atom. The van der Waals surface area contributed by atoms with Gasteiger partial charge in [0.05, 0.1) is 0 Å². The molecule has 1 N–H and O–H groups in total. The molecule has 5 nitrogen and oxygen atoms in total. The van der Waals surface area contributed by atoms with E-state index in [4.69, 9.17) is 0 Å². The number of anilines is 1. The summed E-state index contributed by atoms with van der Waals surface area (Å²) in [6.07, 6.45) is 1.43. The summed E-state index contributed by atoms with van der Waals surface area (Å²) >= 11 is 0. The van der Waals surface area contributed by atoms with E-state index in [2.05, 4.69) is 9.71 Å². The fraction of sp³-hybridized carbons (Fsp3) is 0.353. The standard InChI is InChI=1S/C17H20FN3O2S/c1-13-3-2-4-17(19-13)20-24(22,23)21-11-9-15(10-12-21)14-5-7-16(18)8-6-14/h2-8,15H,9-12H2,1H3,(H,19,20). The average molecular weight is 349 g/mol. The molecule has 0 unspecified atom stereocenters. The zero-order valence-corrected chi connectivity index (χ0v) is 14.3. The summed E-state index contributed by atoms with van der Waals surface area (Å²) in [6.45, 7) is 2.68. The van der Waals surface area contributed by atoms with Crippen LogP contribution < -0.4 is 4.72 Å². The van der Waals surface area contributed by atoms with E-state index >= 15 is 0 Å². The fourth-order valence-electron chi connectivity index (χ4n) is 2.96. The number of benzene rings is 1. The third-order valence-corrected chi connectivity index (χ3v) is 5.77. The van der Waals surface area contributed by atoms with Crippen molar-refractivity contribution in [1.82, 2.24) is 9.29 Å². The summed E-state index contributed by atoms with van der Waals surface area (Å²) in [6, 6.07) is 11.7. The lowest BCUT2D eigenvalue weighted by atomic mass is 9.90. The molecule has 2 aromatic rings. The maximum absolute atomic E-state index is 13.0. The van der Waals surface area contributed by atoms with Crippen LogP contribution in [0, 0.1) is 12.7 Å². The van der Waals surface area contributed by atoms with E-state index in [0.717, 1.165) is 11.3 Å². The summed E-state index contributed by atoms with van der Waals surface area (Å²) in [5.41, 5.74) is 1.81. The minimum atomic E-state index is -3.60. The van der Waals surface area contributed by atoms with Crippen LogP contribution in [0.25, 0.3) is 0 Å². The second-order valence-corrected chi connectivity index (χ2v) is 7.67. The van der Waals surface area contributed by atoms with Gasteiger partial charge in [0.1, 0.15) is 11.6 Å². The summed E-state index contributed by atoms with van der Waals surface area (Å²) < 4.78 is 41.9. The Hall–Kier alpha value is -1.99. The number of hydrogen-bond acceptors (Lipinski definition) is 3. The predicted octanol–water partition coefficient (Wildman–Crippen LogP) is 3.07. The minimum absolute atomic E-state index is 0.256. The smallest absolute Gasteiger partial charge is 0.254 e. The Balaban J connectivity index is 1.64. The molecule has 0 spiro atoms. The SMILES string of the molecule is Cc1cccc(NS(=O)(=O)N2CCC(c3ccc(F)cc3)CC2)n1. The molecule has 7 heteroatoms. The topological polar surface area (TPSA) is 62.3 Å². The quantitative estimate of drug-likeness (QED) is 0.923. The first kappa shape index (κ1) is 16.9. The van der Waals surface area contributed by atoms with Gasteiger partial charge in [0.15, 0.2) is 0 Å². The predicted molar refractivity (Wildman–Crippen MR) is 91.5 cm³/mol. The van der Waals surface area contributed by atoms with Gasteiger partial charge >= 0.3 is 10.2 Å². The maximum atomic E-state index is 13.0. The van der Waals surface area contributed by atoms with Crippen molar-refractivity contribution in [3.63, 3.8) is 0 Å². The molecule has 1 aliphatic heterocycles. The van der Waals surface area contributed by atoms with Gasteiger partial charge in [0, 0.05) is 18.8 Å². The zero-order valence-electron chi connectivity index (χ0n) is 13.4. The average Bonchev–Trinajstić information content (AvgIpc) is 2.55. The number of piperidine rings is 1. The van der Waals surface area contributed by atoms with Crippen LogP contribution >= 0.6 is 0 Å². The second kappa shape index (κ2) is 6.86. The Morgan fingerprint density at radius 3 is 2.42 bits per heavy atom. The Morgan fingerprint density at radius 1 is 1.12 bits per heavy atom. The van der Waals surface area contributed by atoms with Crippen LogP contribution in [0.5, 0.6) is 0 Å². The summed E-state index contributed by atoms with van der Waals surface area (Å²) in [5, 5.41) is 0. The summed E-state index contributed by atoms with van der Waals surface area (Å²) in [4.78, 5) is 4.17. The molecule has 0 saturated carbocycles. The number of hydrogen-bond donors (Lipinski definition) is 1. The van der Waals surface area contributed by atoms with Gasteiger partial charge in [-0.05, 0) is 55.5 Å². The van der Waals surface area contributed by atoms with Gasteiger partial charge in [-0.2, -0.15) is 12.7 Å². The Kier molecular flexibility index (Phi) is 4.82. The van der Waals surface area contributed by atoms with Gasteiger partial charge in [0.25, 0.3) is 0 Å². The van der Waals surface area contributed by atoms with Crippen LogP contribution in [0.15, 0.2) is 42.5 Å². The van der Waals surface area contributed by atoms with Crippen molar-refractivity contribution in [2.24, 2.45) is 0 Å². The van der Waals surface area contributed by atoms with Crippen molar-refractivity contribution < 1.29 is 12.8 Å². The molecule has 0 radical (unpaired) electrons. The number of nitrogens with one attached hydrogen (secondary N) is 1. The second-order valence-electron chi connectivity index (χ2n) is 6.00. The van der Waals surface area contributed by atoms with Gasteiger partial charge in [-0.15, -0.1) is 0 Å². The van der Waals surface area contributed by atoms with E-state index in [1.54, 1.807) is 24.3 Å². The van der Waals surface area contributed by atoms with E-state index in [1.807, 2.05) is 13.0 Å². The van der Waals surface area contributed by atoms with Crippen molar-refractivity contribution in [2.45, 2.75) is 25.7 Å². The van der Waals surface area contributed by atoms with E-state index in [0.29, 0.717) is 31.7 Å². The first-order valence-electron chi connectivity index (χ1n) is 7.91. The Labute approximate surface area is 141 Å². The van der Waals surface area contributed by atoms with E-state index < -0.39 is 10.2 Å². The number of halogens is 1. The monoisotopic (exact) mass is 349 g/mol. The first-order valence-corrected chi connectivity index (χ1v) is 9.35. The molecule has 0 amide bonds. The number of rotatable bonds is 4. The zero-order chi connectivity index (χ0) is 17.2. The van der Waals surface area contributed by atoms with E-state index in [1.165, 1.54) is 16.4 Å². The van der Waals surface area contributed by atoms with Crippen molar-refractivity contribution >= 4 is 16.0 Å². The number of nitrogens with zero attached hydrogens (tertiary/aromatic N) is 2. The van der Waals surface area contributed by atoms with Crippen LogP contribution in [0.1, 0.15) is 30.0 Å². The lowest BCUT2D eigenvalue weighted by molar-refractivity contribution is 0.321. The highest BCUT2D eigenvalue weighted by Gasteiger charge is 2.28. The minimum Gasteiger partial charge on any atom is -0.254 e. The van der Waals surface area contributed by atoms with Crippen LogP contribution in [-0.2, 0) is 10.2 Å². The van der Waals surface area contributed by atoms with Crippen molar-refractivity contribution in [1.29, 1.82) is 0 Å². The molecule has 1 fully saturated rings. The highest BCUT2D eigenvalue weighted by Crippen LogP contribution is 2.29. The lowest BCUT2D eigenvalue weighted by Gasteiger charge is -2.31. The molecule has 1 saturated heterocycles. The van der Waals surface area contributed by atoms with Crippen molar-refractivity contribution in [3.8, 4) is 0 Å². The van der Waals surface area contributed by atoms with Gasteiger partial charge in [-0.3, -0.25) is 4.72 Å². The molecule has 24 heavy (non-hydrogen) atoms. The lowest BCUT2D eigenvalue weighted by Crippen LogP contribution is -2.41. The van der Waals surface area contributed by atoms with Crippen LogP contribution in [0.3, 0.4) is 0 Å². The number of aromatic nitrogens is 1. The highest BCUT2D eigenvalue weighted by molar-refractivity contribution is 7.90. The molecule has 3 rings (SSSR count). The molecule has 128 valence electrons. The van der Waals surface area contributed by atoms with Gasteiger partial charge in [-0.1, -0.05) is 18.2 Å². The summed E-state index contributed by atoms with van der Waals surface area (Å²) in [5.74, 6) is 0.332. The Bertz CT molecular complexity index is 801. The maximum Gasteiger partial charge on any atom is 0.302 e. The molecule has 1 aliphatic rings. The third-order valence-electron chi connectivity index (χ3n) is 4.26. The molecule has 1 aromatic carbocycles. The van der Waals surface area contributed by atoms with Crippen LogP contribution in [-0.4, -0.2) is 30.8 Å². The largest absolute Gasteiger partial charge is 0.302 e. The van der Waals surface area contributed by atoms with Crippen molar-refractivity contribution in [3.05, 3.63) is 59.5 Å². The molecular formula is C17H20FN3O2S. The molecule has 0 bridgehead atoms. The molecule has 1 aromatic heterocycles. The van der Waals surface area contributed by atoms with Gasteiger partial charge in [-0.25, -0.2) is 9.37 Å². The normalized spacial score (nSPS) is 16.9. The fourth-order valence-corrected chi connectivity index (χ4v) is 4.16. The highest BCUT2D eigenvalue weighted by atomic mass is 32.2. The third kappa shape index (κ3) is 3.91.